The topological polar surface area (TPSA) is 73.8 Å². The zero-order valence-corrected chi connectivity index (χ0v) is 22.3. The minimum Gasteiger partial charge on any atom is -0.308 e. The summed E-state index contributed by atoms with van der Waals surface area (Å²) in [4.78, 5) is 22.1. The standard InChI is InChI=1S/C27H30N4O3S2/c1-4-30(20-21-10-6-5-7-11-21)36(33,34)23-16-14-22(15-17-23)26(32)31(19-18-29(2)3)27-28-24-12-8-9-13-25(24)35-27/h5-17H,4,18-20H2,1-3H3. The van der Waals surface area contributed by atoms with Gasteiger partial charge in [-0.2, -0.15) is 4.31 Å². The van der Waals surface area contributed by atoms with Crippen molar-refractivity contribution in [2.24, 2.45) is 0 Å². The summed E-state index contributed by atoms with van der Waals surface area (Å²) < 4.78 is 29.0. The molecule has 1 aromatic heterocycles. The van der Waals surface area contributed by atoms with E-state index in [9.17, 15) is 13.2 Å². The van der Waals surface area contributed by atoms with Gasteiger partial charge in [0.05, 0.1) is 15.1 Å². The molecule has 0 saturated heterocycles. The normalized spacial score (nSPS) is 11.9. The molecule has 9 heteroatoms. The fraction of sp³-hybridized carbons (Fsp3) is 0.259. The van der Waals surface area contributed by atoms with Gasteiger partial charge >= 0.3 is 0 Å². The first-order chi connectivity index (χ1) is 17.3. The van der Waals surface area contributed by atoms with Gasteiger partial charge in [-0.1, -0.05) is 60.7 Å². The van der Waals surface area contributed by atoms with E-state index in [-0.39, 0.29) is 17.3 Å². The van der Waals surface area contributed by atoms with Gasteiger partial charge in [0.15, 0.2) is 5.13 Å². The van der Waals surface area contributed by atoms with Crippen LogP contribution in [0.3, 0.4) is 0 Å². The first-order valence-electron chi connectivity index (χ1n) is 11.8. The third-order valence-corrected chi connectivity index (χ3v) is 8.82. The SMILES string of the molecule is CCN(Cc1ccccc1)S(=O)(=O)c1ccc(C(=O)N(CCN(C)C)c2nc3ccccc3s2)cc1. The molecule has 188 valence electrons. The number of anilines is 1. The maximum absolute atomic E-state index is 13.5. The first kappa shape index (κ1) is 26.0. The average Bonchev–Trinajstić information content (AvgIpc) is 3.31. The Balaban J connectivity index is 1.59. The largest absolute Gasteiger partial charge is 0.308 e. The van der Waals surface area contributed by atoms with Gasteiger partial charge in [-0.05, 0) is 56.1 Å². The third-order valence-electron chi connectivity index (χ3n) is 5.82. The van der Waals surface area contributed by atoms with Crippen molar-refractivity contribution in [3.05, 3.63) is 90.0 Å². The summed E-state index contributed by atoms with van der Waals surface area (Å²) >= 11 is 1.47. The Morgan fingerprint density at radius 1 is 0.889 bits per heavy atom. The van der Waals surface area contributed by atoms with Crippen LogP contribution in [-0.2, 0) is 16.6 Å². The van der Waals surface area contributed by atoms with Crippen LogP contribution < -0.4 is 4.90 Å². The molecular formula is C27H30N4O3S2. The van der Waals surface area contributed by atoms with Crippen LogP contribution in [0.1, 0.15) is 22.8 Å². The van der Waals surface area contributed by atoms with Crippen molar-refractivity contribution in [3.63, 3.8) is 0 Å². The molecule has 0 radical (unpaired) electrons. The number of fused-ring (bicyclic) bond motifs is 1. The molecule has 0 bridgehead atoms. The van der Waals surface area contributed by atoms with Crippen molar-refractivity contribution in [1.29, 1.82) is 0 Å². The molecule has 1 amide bonds. The number of hydrogen-bond acceptors (Lipinski definition) is 6. The van der Waals surface area contributed by atoms with Gasteiger partial charge in [0.25, 0.3) is 5.91 Å². The van der Waals surface area contributed by atoms with Gasteiger partial charge in [-0.3, -0.25) is 9.69 Å². The molecule has 4 aromatic rings. The fourth-order valence-electron chi connectivity index (χ4n) is 3.79. The number of aromatic nitrogens is 1. The predicted octanol–water partition coefficient (Wildman–Crippen LogP) is 4.72. The molecule has 0 unspecified atom stereocenters. The zero-order chi connectivity index (χ0) is 25.7. The number of para-hydroxylation sites is 1. The van der Waals surface area contributed by atoms with E-state index in [0.29, 0.717) is 30.3 Å². The summed E-state index contributed by atoms with van der Waals surface area (Å²) in [7, 11) is 0.196. The Labute approximate surface area is 216 Å². The molecule has 0 spiro atoms. The number of carbonyl (C=O) groups excluding carboxylic acids is 1. The summed E-state index contributed by atoms with van der Waals surface area (Å²) in [6.45, 7) is 3.58. The second-order valence-electron chi connectivity index (χ2n) is 8.67. The average molecular weight is 523 g/mol. The highest BCUT2D eigenvalue weighted by molar-refractivity contribution is 7.89. The second-order valence-corrected chi connectivity index (χ2v) is 11.6. The minimum absolute atomic E-state index is 0.164. The van der Waals surface area contributed by atoms with Crippen molar-refractivity contribution in [1.82, 2.24) is 14.2 Å². The molecule has 0 N–H and O–H groups in total. The minimum atomic E-state index is -3.71. The Bertz CT molecular complexity index is 1390. The van der Waals surface area contributed by atoms with Gasteiger partial charge in [-0.25, -0.2) is 13.4 Å². The molecule has 0 aliphatic heterocycles. The van der Waals surface area contributed by atoms with Gasteiger partial charge in [0, 0.05) is 31.7 Å². The molecular weight excluding hydrogens is 492 g/mol. The molecule has 7 nitrogen and oxygen atoms in total. The Morgan fingerprint density at radius 3 is 2.19 bits per heavy atom. The number of sulfonamides is 1. The van der Waals surface area contributed by atoms with Crippen molar-refractivity contribution in [2.75, 3.05) is 38.6 Å². The second kappa shape index (κ2) is 11.3. The van der Waals surface area contributed by atoms with E-state index >= 15 is 0 Å². The molecule has 0 atom stereocenters. The van der Waals surface area contributed by atoms with Crippen molar-refractivity contribution in [2.45, 2.75) is 18.4 Å². The number of nitrogens with zero attached hydrogens (tertiary/aromatic N) is 4. The van der Waals surface area contributed by atoms with E-state index in [4.69, 9.17) is 0 Å². The number of amides is 1. The lowest BCUT2D eigenvalue weighted by Crippen LogP contribution is -2.36. The smallest absolute Gasteiger partial charge is 0.260 e. The number of hydrogen-bond donors (Lipinski definition) is 0. The predicted molar refractivity (Wildman–Crippen MR) is 146 cm³/mol. The Hall–Kier alpha value is -3.11. The maximum atomic E-state index is 13.5. The first-order valence-corrected chi connectivity index (χ1v) is 14.0. The van der Waals surface area contributed by atoms with Crippen LogP contribution in [0.25, 0.3) is 10.2 Å². The van der Waals surface area contributed by atoms with Crippen LogP contribution >= 0.6 is 11.3 Å². The monoisotopic (exact) mass is 522 g/mol. The van der Waals surface area contributed by atoms with Gasteiger partial charge < -0.3 is 4.90 Å². The highest BCUT2D eigenvalue weighted by Gasteiger charge is 2.25. The zero-order valence-electron chi connectivity index (χ0n) is 20.7. The molecule has 0 aliphatic carbocycles. The van der Waals surface area contributed by atoms with Crippen LogP contribution in [0.5, 0.6) is 0 Å². The molecule has 4 rings (SSSR count). The van der Waals surface area contributed by atoms with Crippen molar-refractivity contribution in [3.8, 4) is 0 Å². The molecule has 0 fully saturated rings. The van der Waals surface area contributed by atoms with Crippen LogP contribution in [-0.4, -0.2) is 62.2 Å². The highest BCUT2D eigenvalue weighted by atomic mass is 32.2. The van der Waals surface area contributed by atoms with Crippen LogP contribution in [0, 0.1) is 0 Å². The summed E-state index contributed by atoms with van der Waals surface area (Å²) in [6.07, 6.45) is 0. The lowest BCUT2D eigenvalue weighted by molar-refractivity contribution is 0.0985. The van der Waals surface area contributed by atoms with Crippen LogP contribution in [0.2, 0.25) is 0 Å². The summed E-state index contributed by atoms with van der Waals surface area (Å²) in [5, 5.41) is 0.625. The molecule has 0 saturated carbocycles. The molecule has 0 aliphatic rings. The van der Waals surface area contributed by atoms with Crippen LogP contribution in [0.4, 0.5) is 5.13 Å². The van der Waals surface area contributed by atoms with E-state index in [0.717, 1.165) is 15.8 Å². The van der Waals surface area contributed by atoms with Crippen LogP contribution in [0.15, 0.2) is 83.8 Å². The maximum Gasteiger partial charge on any atom is 0.260 e. The number of likely N-dealkylation sites (N-methyl/N-ethyl adjacent to an activating group) is 1. The van der Waals surface area contributed by atoms with E-state index in [1.165, 1.54) is 27.8 Å². The summed E-state index contributed by atoms with van der Waals surface area (Å²) in [6, 6.07) is 23.5. The van der Waals surface area contributed by atoms with Gasteiger partial charge in [-0.15, -0.1) is 0 Å². The van der Waals surface area contributed by atoms with E-state index in [1.54, 1.807) is 17.0 Å². The molecule has 36 heavy (non-hydrogen) atoms. The summed E-state index contributed by atoms with van der Waals surface area (Å²) in [5.74, 6) is -0.212. The van der Waals surface area contributed by atoms with Gasteiger partial charge in [0.1, 0.15) is 0 Å². The van der Waals surface area contributed by atoms with E-state index < -0.39 is 10.0 Å². The van der Waals surface area contributed by atoms with E-state index in [2.05, 4.69) is 4.98 Å². The Morgan fingerprint density at radius 2 is 1.56 bits per heavy atom. The number of benzene rings is 3. The summed E-state index contributed by atoms with van der Waals surface area (Å²) in [5.41, 5.74) is 2.18. The number of thiazole rings is 1. The lowest BCUT2D eigenvalue weighted by Gasteiger charge is -2.23. The molecule has 1 heterocycles. The van der Waals surface area contributed by atoms with Crippen molar-refractivity contribution < 1.29 is 13.2 Å². The lowest BCUT2D eigenvalue weighted by atomic mass is 10.2. The number of rotatable bonds is 10. The highest BCUT2D eigenvalue weighted by Crippen LogP contribution is 2.30. The number of carbonyl (C=O) groups is 1. The quantitative estimate of drug-likeness (QED) is 0.301. The van der Waals surface area contributed by atoms with E-state index in [1.807, 2.05) is 80.5 Å². The van der Waals surface area contributed by atoms with Crippen molar-refractivity contribution >= 4 is 42.6 Å². The van der Waals surface area contributed by atoms with Gasteiger partial charge in [0.2, 0.25) is 10.0 Å². The molecule has 3 aromatic carbocycles. The fourth-order valence-corrected chi connectivity index (χ4v) is 6.21. The third kappa shape index (κ3) is 5.82. The Kier molecular flexibility index (Phi) is 8.15.